The molecule has 0 aromatic carbocycles. The van der Waals surface area contributed by atoms with Crippen molar-refractivity contribution in [1.29, 1.82) is 0 Å². The zero-order valence-corrected chi connectivity index (χ0v) is 38.7. The van der Waals surface area contributed by atoms with Crippen molar-refractivity contribution in [3.05, 3.63) is 111 Å². The smallest absolute Gasteiger partial charge is 0.137 e. The van der Waals surface area contributed by atoms with E-state index < -0.39 is 0 Å². The van der Waals surface area contributed by atoms with Crippen LogP contribution in [-0.2, 0) is 39.0 Å². The Morgan fingerprint density at radius 1 is 0.357 bits per heavy atom. The molecule has 0 aliphatic heterocycles. The van der Waals surface area contributed by atoms with Gasteiger partial charge in [-0.2, -0.15) is 20.4 Å². The van der Waals surface area contributed by atoms with Gasteiger partial charge in [0.05, 0.1) is 0 Å². The Hall–Kier alpha value is -5.14. The highest BCUT2D eigenvalue weighted by atomic mass is 15.3. The largest absolute Gasteiger partial charge is 0.273 e. The molecule has 6 aromatic rings. The van der Waals surface area contributed by atoms with Gasteiger partial charge in [-0.15, -0.1) is 0 Å². The zero-order chi connectivity index (χ0) is 44.1. The predicted octanol–water partition coefficient (Wildman–Crippen LogP) is 10.6. The molecule has 0 saturated carbocycles. The van der Waals surface area contributed by atoms with E-state index in [1.54, 1.807) is 59.2 Å². The average molecular weight is 783 g/mol. The molecule has 0 aliphatic rings. The normalized spacial score (nSPS) is 7.89. The lowest BCUT2D eigenvalue weighted by Gasteiger charge is -1.87. The van der Waals surface area contributed by atoms with E-state index in [4.69, 9.17) is 0 Å². The van der Waals surface area contributed by atoms with E-state index in [1.807, 2.05) is 157 Å². The molecule has 0 bridgehead atoms. The molecule has 0 amide bonds. The molecule has 56 heavy (non-hydrogen) atoms. The number of hydrogen-bond acceptors (Lipinski definition) is 10. The van der Waals surface area contributed by atoms with E-state index in [2.05, 4.69) is 64.1 Å². The van der Waals surface area contributed by atoms with E-state index >= 15 is 0 Å². The molecule has 0 N–H and O–H groups in total. The molecule has 14 heteroatoms. The summed E-state index contributed by atoms with van der Waals surface area (Å²) in [6, 6.07) is 7.48. The lowest BCUT2D eigenvalue weighted by atomic mass is 10.4. The molecule has 0 atom stereocenters. The second kappa shape index (κ2) is 59.1. The molecule has 0 saturated heterocycles. The van der Waals surface area contributed by atoms with Gasteiger partial charge in [0, 0.05) is 88.6 Å². The molecule has 14 nitrogen and oxygen atoms in total. The van der Waals surface area contributed by atoms with Crippen molar-refractivity contribution in [2.45, 2.75) is 164 Å². The van der Waals surface area contributed by atoms with Crippen molar-refractivity contribution in [3.8, 4) is 0 Å². The maximum atomic E-state index is 3.99. The van der Waals surface area contributed by atoms with Crippen LogP contribution in [0.1, 0.15) is 136 Å². The van der Waals surface area contributed by atoms with Crippen LogP contribution in [-0.4, -0.2) is 69.0 Å². The Balaban J connectivity index is -0.000000127. The van der Waals surface area contributed by atoms with E-state index in [-0.39, 0.29) is 0 Å². The predicted molar refractivity (Wildman–Crippen MR) is 238 cm³/mol. The highest BCUT2D eigenvalue weighted by Crippen LogP contribution is 1.86. The Bertz CT molecular complexity index is 1170. The SMILES string of the molecule is CC.CC.CC.CC.CC.CC.CCc1ncccn1.CCc1ncccn1.CCn1cccn1.CCn1cccn1.CCn1cncn1.CCn1cncn1. The first kappa shape index (κ1) is 62.8. The molecular formula is C42H82N14. The standard InChI is InChI=1S/2C6H8N2.2C5H8N2.2C4H7N3.6C2H6/c2*1-2-6-7-4-3-5-8-6;2*1-2-7-5-3-4-6-7;2*1-2-7-4-5-3-6-7;6*1-2/h2*3-5H,2H2,1H3;2*3-5H,2H2,1H3;2*3-4H,2H2,1H3;6*1-2H3. The minimum atomic E-state index is 0.903. The molecule has 6 rings (SSSR count). The molecule has 6 aromatic heterocycles. The third-order valence-electron chi connectivity index (χ3n) is 5.22. The van der Waals surface area contributed by atoms with E-state index in [1.165, 1.54) is 12.7 Å². The summed E-state index contributed by atoms with van der Waals surface area (Å²) in [6.07, 6.45) is 22.8. The van der Waals surface area contributed by atoms with Crippen molar-refractivity contribution in [1.82, 2.24) is 69.0 Å². The number of nitrogens with zero attached hydrogens (tertiary/aromatic N) is 14. The minimum absolute atomic E-state index is 0.903. The van der Waals surface area contributed by atoms with Crippen LogP contribution in [0.2, 0.25) is 0 Å². The minimum Gasteiger partial charge on any atom is -0.273 e. The third kappa shape index (κ3) is 43.3. The van der Waals surface area contributed by atoms with Crippen LogP contribution in [0, 0.1) is 0 Å². The van der Waals surface area contributed by atoms with Crippen molar-refractivity contribution in [3.63, 3.8) is 0 Å². The number of aromatic nitrogens is 14. The van der Waals surface area contributed by atoms with Crippen LogP contribution in [0.5, 0.6) is 0 Å². The van der Waals surface area contributed by atoms with Crippen molar-refractivity contribution in [2.24, 2.45) is 0 Å². The van der Waals surface area contributed by atoms with Gasteiger partial charge in [-0.3, -0.25) is 18.7 Å². The Morgan fingerprint density at radius 2 is 0.643 bits per heavy atom. The Kier molecular flexibility index (Phi) is 66.4. The third-order valence-corrected chi connectivity index (χ3v) is 5.22. The van der Waals surface area contributed by atoms with Crippen LogP contribution in [0.15, 0.2) is 99.1 Å². The fourth-order valence-corrected chi connectivity index (χ4v) is 2.79. The van der Waals surface area contributed by atoms with Gasteiger partial charge in [0.2, 0.25) is 0 Å². The van der Waals surface area contributed by atoms with Crippen LogP contribution in [0.3, 0.4) is 0 Å². The highest BCUT2D eigenvalue weighted by molar-refractivity contribution is 4.87. The van der Waals surface area contributed by atoms with Gasteiger partial charge < -0.3 is 0 Å². The molecule has 320 valence electrons. The molecule has 0 aliphatic carbocycles. The van der Waals surface area contributed by atoms with Crippen LogP contribution >= 0.6 is 0 Å². The summed E-state index contributed by atoms with van der Waals surface area (Å²) in [5, 5.41) is 15.6. The van der Waals surface area contributed by atoms with Crippen molar-refractivity contribution >= 4 is 0 Å². The van der Waals surface area contributed by atoms with Gasteiger partial charge in [-0.25, -0.2) is 29.9 Å². The van der Waals surface area contributed by atoms with E-state index in [9.17, 15) is 0 Å². The maximum absolute atomic E-state index is 3.99. The monoisotopic (exact) mass is 783 g/mol. The fraction of sp³-hybridized carbons (Fsp3) is 0.571. The molecule has 0 spiro atoms. The number of rotatable bonds is 6. The maximum Gasteiger partial charge on any atom is 0.137 e. The second-order valence-electron chi connectivity index (χ2n) is 8.26. The topological polar surface area (TPSA) is 149 Å². The summed E-state index contributed by atoms with van der Waals surface area (Å²) < 4.78 is 7.28. The molecule has 0 unspecified atom stereocenters. The van der Waals surface area contributed by atoms with Crippen molar-refractivity contribution in [2.75, 3.05) is 0 Å². The number of aryl methyl sites for hydroxylation is 6. The van der Waals surface area contributed by atoms with Crippen molar-refractivity contribution < 1.29 is 0 Å². The van der Waals surface area contributed by atoms with E-state index in [0.29, 0.717) is 0 Å². The summed E-state index contributed by atoms with van der Waals surface area (Å²) in [5.41, 5.74) is 0. The Morgan fingerprint density at radius 3 is 0.768 bits per heavy atom. The van der Waals surface area contributed by atoms with Gasteiger partial charge in [0.1, 0.15) is 37.0 Å². The second-order valence-corrected chi connectivity index (χ2v) is 8.26. The number of hydrogen-bond donors (Lipinski definition) is 0. The first-order chi connectivity index (χ1) is 27.6. The van der Waals surface area contributed by atoms with Crippen LogP contribution in [0.4, 0.5) is 0 Å². The highest BCUT2D eigenvalue weighted by Gasteiger charge is 1.84. The summed E-state index contributed by atoms with van der Waals surface area (Å²) in [4.78, 5) is 23.4. The van der Waals surface area contributed by atoms with Crippen LogP contribution < -0.4 is 0 Å². The summed E-state index contributed by atoms with van der Waals surface area (Å²) >= 11 is 0. The molecular weight excluding hydrogens is 701 g/mol. The first-order valence-electron chi connectivity index (χ1n) is 20.7. The van der Waals surface area contributed by atoms with Gasteiger partial charge in [0.15, 0.2) is 0 Å². The summed E-state index contributed by atoms with van der Waals surface area (Å²) in [7, 11) is 0. The van der Waals surface area contributed by atoms with Gasteiger partial charge in [-0.05, 0) is 52.0 Å². The van der Waals surface area contributed by atoms with E-state index in [0.717, 1.165) is 50.7 Å². The molecule has 0 radical (unpaired) electrons. The summed E-state index contributed by atoms with van der Waals surface area (Å²) in [6.45, 7) is 40.0. The lowest BCUT2D eigenvalue weighted by molar-refractivity contribution is 0.658. The van der Waals surface area contributed by atoms with Gasteiger partial charge in [0.25, 0.3) is 0 Å². The zero-order valence-electron chi connectivity index (χ0n) is 38.7. The average Bonchev–Trinajstić information content (AvgIpc) is 4.19. The molecule has 0 fully saturated rings. The lowest BCUT2D eigenvalue weighted by Crippen LogP contribution is -1.91. The quantitative estimate of drug-likeness (QED) is 0.160. The van der Waals surface area contributed by atoms with Crippen LogP contribution in [0.25, 0.3) is 0 Å². The molecule has 6 heterocycles. The fourth-order valence-electron chi connectivity index (χ4n) is 2.79. The summed E-state index contributed by atoms with van der Waals surface area (Å²) in [5.74, 6) is 1.82. The first-order valence-corrected chi connectivity index (χ1v) is 20.7. The Labute approximate surface area is 342 Å². The van der Waals surface area contributed by atoms with Gasteiger partial charge in [-0.1, -0.05) is 96.9 Å². The van der Waals surface area contributed by atoms with Gasteiger partial charge >= 0.3 is 0 Å².